The van der Waals surface area contributed by atoms with Crippen molar-refractivity contribution < 1.29 is 9.47 Å². The van der Waals surface area contributed by atoms with Gasteiger partial charge in [-0.25, -0.2) is 4.98 Å². The second kappa shape index (κ2) is 11.4. The van der Waals surface area contributed by atoms with Crippen LogP contribution in [0, 0.1) is 0 Å². The van der Waals surface area contributed by atoms with Crippen molar-refractivity contribution in [3.8, 4) is 11.5 Å². The molecule has 142 valence electrons. The van der Waals surface area contributed by atoms with Crippen molar-refractivity contribution in [2.24, 2.45) is 4.99 Å². The van der Waals surface area contributed by atoms with Crippen molar-refractivity contribution >= 4 is 17.3 Å². The molecule has 2 aromatic rings. The monoisotopic (exact) mass is 376 g/mol. The van der Waals surface area contributed by atoms with E-state index in [-0.39, 0.29) is 0 Å². The number of hydrogen-bond acceptors (Lipinski definition) is 5. The summed E-state index contributed by atoms with van der Waals surface area (Å²) in [6.07, 6.45) is 1.85. The van der Waals surface area contributed by atoms with E-state index < -0.39 is 0 Å². The molecule has 2 N–H and O–H groups in total. The third-order valence-corrected chi connectivity index (χ3v) is 4.65. The summed E-state index contributed by atoms with van der Waals surface area (Å²) in [5.74, 6) is 2.45. The molecule has 0 bridgehead atoms. The van der Waals surface area contributed by atoms with E-state index in [1.807, 2.05) is 24.3 Å². The Morgan fingerprint density at radius 2 is 1.92 bits per heavy atom. The summed E-state index contributed by atoms with van der Waals surface area (Å²) in [6.45, 7) is 6.95. The summed E-state index contributed by atoms with van der Waals surface area (Å²) in [6, 6.07) is 7.57. The number of rotatable bonds is 10. The van der Waals surface area contributed by atoms with Gasteiger partial charge in [-0.3, -0.25) is 4.99 Å². The molecule has 1 aromatic carbocycles. The highest BCUT2D eigenvalue weighted by atomic mass is 32.1. The molecular weight excluding hydrogens is 348 g/mol. The summed E-state index contributed by atoms with van der Waals surface area (Å²) in [4.78, 5) is 9.17. The lowest BCUT2D eigenvalue weighted by Gasteiger charge is -2.12. The van der Waals surface area contributed by atoms with Crippen LogP contribution in [0.2, 0.25) is 0 Å². The van der Waals surface area contributed by atoms with Gasteiger partial charge in [-0.2, -0.15) is 0 Å². The Kier molecular flexibility index (Phi) is 8.75. The number of aromatic nitrogens is 1. The molecule has 0 atom stereocenters. The van der Waals surface area contributed by atoms with Crippen LogP contribution in [0.3, 0.4) is 0 Å². The number of ether oxygens (including phenoxy) is 2. The Bertz CT molecular complexity index is 670. The highest BCUT2D eigenvalue weighted by molar-refractivity contribution is 7.09. The molecule has 0 fully saturated rings. The molecule has 1 aromatic heterocycles. The lowest BCUT2D eigenvalue weighted by atomic mass is 10.3. The van der Waals surface area contributed by atoms with Crippen molar-refractivity contribution in [3.05, 3.63) is 40.3 Å². The van der Waals surface area contributed by atoms with Crippen LogP contribution < -0.4 is 20.1 Å². The molecule has 0 aliphatic heterocycles. The maximum absolute atomic E-state index is 5.71. The predicted molar refractivity (Wildman–Crippen MR) is 108 cm³/mol. The first-order valence-electron chi connectivity index (χ1n) is 8.97. The summed E-state index contributed by atoms with van der Waals surface area (Å²) < 4.78 is 10.8. The fraction of sp³-hybridized carbons (Fsp3) is 0.474. The van der Waals surface area contributed by atoms with Gasteiger partial charge in [-0.1, -0.05) is 6.92 Å². The second-order valence-corrected chi connectivity index (χ2v) is 6.49. The van der Waals surface area contributed by atoms with Crippen LogP contribution in [0.4, 0.5) is 0 Å². The number of thiazole rings is 1. The molecule has 0 amide bonds. The Hall–Kier alpha value is -2.28. The van der Waals surface area contributed by atoms with E-state index >= 15 is 0 Å². The second-order valence-electron chi connectivity index (χ2n) is 5.55. The van der Waals surface area contributed by atoms with E-state index in [2.05, 4.69) is 39.8 Å². The van der Waals surface area contributed by atoms with E-state index in [9.17, 15) is 0 Å². The largest absolute Gasteiger partial charge is 0.497 e. The zero-order valence-corrected chi connectivity index (χ0v) is 16.6. The number of aryl methyl sites for hydroxylation is 1. The standard InChI is InChI=1S/C19H28N4O2S/c1-4-18-23-15(14-26-18)10-11-21-19(20-5-2)22-12-13-25-17-8-6-16(24-3)7-9-17/h6-9,14H,4-5,10-13H2,1-3H3,(H2,20,21,22). The number of nitrogens with zero attached hydrogens (tertiary/aromatic N) is 2. The van der Waals surface area contributed by atoms with Crippen molar-refractivity contribution in [2.75, 3.05) is 33.4 Å². The quantitative estimate of drug-likeness (QED) is 0.379. The van der Waals surface area contributed by atoms with Gasteiger partial charge in [-0.15, -0.1) is 11.3 Å². The molecule has 7 heteroatoms. The normalized spacial score (nSPS) is 11.3. The van der Waals surface area contributed by atoms with Crippen LogP contribution in [0.15, 0.2) is 34.6 Å². The van der Waals surface area contributed by atoms with Crippen LogP contribution in [-0.4, -0.2) is 44.3 Å². The summed E-state index contributed by atoms with van der Waals surface area (Å²) in [7, 11) is 1.65. The molecular formula is C19H28N4O2S. The number of methoxy groups -OCH3 is 1. The zero-order valence-electron chi connectivity index (χ0n) is 15.7. The first kappa shape index (κ1) is 20.0. The van der Waals surface area contributed by atoms with Gasteiger partial charge >= 0.3 is 0 Å². The molecule has 0 aliphatic carbocycles. The maximum Gasteiger partial charge on any atom is 0.191 e. The molecule has 0 saturated carbocycles. The van der Waals surface area contributed by atoms with Gasteiger partial charge in [0.15, 0.2) is 5.96 Å². The van der Waals surface area contributed by atoms with E-state index in [4.69, 9.17) is 9.47 Å². The van der Waals surface area contributed by atoms with Gasteiger partial charge in [0, 0.05) is 24.9 Å². The first-order chi connectivity index (χ1) is 12.7. The van der Waals surface area contributed by atoms with Crippen molar-refractivity contribution in [1.29, 1.82) is 0 Å². The van der Waals surface area contributed by atoms with Gasteiger partial charge in [-0.05, 0) is 37.6 Å². The van der Waals surface area contributed by atoms with Gasteiger partial charge < -0.3 is 20.1 Å². The van der Waals surface area contributed by atoms with E-state index in [1.54, 1.807) is 18.4 Å². The number of guanidine groups is 1. The third-order valence-electron chi connectivity index (χ3n) is 3.61. The highest BCUT2D eigenvalue weighted by Crippen LogP contribution is 2.16. The SMILES string of the molecule is CCNC(=NCCc1csc(CC)n1)NCCOc1ccc(OC)cc1. The van der Waals surface area contributed by atoms with E-state index in [0.29, 0.717) is 19.7 Å². The van der Waals surface area contributed by atoms with Crippen molar-refractivity contribution in [3.63, 3.8) is 0 Å². The molecule has 26 heavy (non-hydrogen) atoms. The van der Waals surface area contributed by atoms with Gasteiger partial charge in [0.25, 0.3) is 0 Å². The van der Waals surface area contributed by atoms with Crippen molar-refractivity contribution in [2.45, 2.75) is 26.7 Å². The van der Waals surface area contributed by atoms with Gasteiger partial charge in [0.05, 0.1) is 24.4 Å². The molecule has 0 radical (unpaired) electrons. The Balaban J connectivity index is 1.72. The Morgan fingerprint density at radius 3 is 2.58 bits per heavy atom. The minimum Gasteiger partial charge on any atom is -0.497 e. The van der Waals surface area contributed by atoms with Gasteiger partial charge in [0.1, 0.15) is 18.1 Å². The molecule has 2 rings (SSSR count). The third kappa shape index (κ3) is 6.92. The summed E-state index contributed by atoms with van der Waals surface area (Å²) in [5, 5.41) is 9.84. The van der Waals surface area contributed by atoms with E-state index in [1.165, 1.54) is 5.01 Å². The van der Waals surface area contributed by atoms with Crippen LogP contribution >= 0.6 is 11.3 Å². The molecule has 1 heterocycles. The predicted octanol–water partition coefficient (Wildman–Crippen LogP) is 2.89. The Labute approximate surface area is 159 Å². The van der Waals surface area contributed by atoms with Crippen LogP contribution in [0.25, 0.3) is 0 Å². The summed E-state index contributed by atoms with van der Waals surface area (Å²) in [5.41, 5.74) is 1.12. The minimum absolute atomic E-state index is 0.558. The van der Waals surface area contributed by atoms with E-state index in [0.717, 1.165) is 42.5 Å². The average molecular weight is 377 g/mol. The van der Waals surface area contributed by atoms with Crippen LogP contribution in [-0.2, 0) is 12.8 Å². The molecule has 0 unspecified atom stereocenters. The first-order valence-corrected chi connectivity index (χ1v) is 9.85. The zero-order chi connectivity index (χ0) is 18.6. The Morgan fingerprint density at radius 1 is 1.15 bits per heavy atom. The fourth-order valence-electron chi connectivity index (χ4n) is 2.26. The smallest absolute Gasteiger partial charge is 0.191 e. The summed E-state index contributed by atoms with van der Waals surface area (Å²) >= 11 is 1.72. The topological polar surface area (TPSA) is 67.8 Å². The minimum atomic E-state index is 0.558. The average Bonchev–Trinajstić information content (AvgIpc) is 3.13. The lowest BCUT2D eigenvalue weighted by Crippen LogP contribution is -2.39. The number of nitrogens with one attached hydrogen (secondary N) is 2. The molecule has 0 saturated heterocycles. The molecule has 6 nitrogen and oxygen atoms in total. The number of hydrogen-bond donors (Lipinski definition) is 2. The maximum atomic E-state index is 5.71. The highest BCUT2D eigenvalue weighted by Gasteiger charge is 2.01. The lowest BCUT2D eigenvalue weighted by molar-refractivity contribution is 0.321. The molecule has 0 spiro atoms. The fourth-order valence-corrected chi connectivity index (χ4v) is 3.04. The number of aliphatic imine (C=N–C) groups is 1. The number of benzene rings is 1. The molecule has 0 aliphatic rings. The van der Waals surface area contributed by atoms with Crippen molar-refractivity contribution in [1.82, 2.24) is 15.6 Å². The van der Waals surface area contributed by atoms with Crippen LogP contribution in [0.5, 0.6) is 11.5 Å². The van der Waals surface area contributed by atoms with Gasteiger partial charge in [0.2, 0.25) is 0 Å². The van der Waals surface area contributed by atoms with Crippen LogP contribution in [0.1, 0.15) is 24.5 Å².